The molecule has 0 aliphatic heterocycles. The van der Waals surface area contributed by atoms with Gasteiger partial charge in [0.15, 0.2) is 6.04 Å². The van der Waals surface area contributed by atoms with Gasteiger partial charge in [-0.05, 0) is 5.92 Å². The minimum Gasteiger partial charge on any atom is -0.477 e. The number of hydrogen-bond donors (Lipinski definition) is 2. The van der Waals surface area contributed by atoms with Gasteiger partial charge in [-0.25, -0.2) is 4.79 Å². The Kier molecular flexibility index (Phi) is 5.87. The van der Waals surface area contributed by atoms with Crippen LogP contribution >= 0.6 is 0 Å². The van der Waals surface area contributed by atoms with Crippen molar-refractivity contribution in [3.8, 4) is 0 Å². The summed E-state index contributed by atoms with van der Waals surface area (Å²) in [6.07, 6.45) is 0.347. The summed E-state index contributed by atoms with van der Waals surface area (Å²) in [6.45, 7) is 4.26. The first-order chi connectivity index (χ1) is 6.43. The van der Waals surface area contributed by atoms with E-state index in [-0.39, 0.29) is 18.8 Å². The van der Waals surface area contributed by atoms with E-state index >= 15 is 0 Å². The molecular weight excluding hydrogens is 186 g/mol. The maximum Gasteiger partial charge on any atom is 0.362 e. The Morgan fingerprint density at radius 1 is 1.43 bits per heavy atom. The molecule has 5 heteroatoms. The van der Waals surface area contributed by atoms with Gasteiger partial charge in [-0.3, -0.25) is 4.79 Å². The maximum atomic E-state index is 11.0. The lowest BCUT2D eigenvalue weighted by molar-refractivity contribution is -0.408. The largest absolute Gasteiger partial charge is 0.477 e. The van der Waals surface area contributed by atoms with Crippen molar-refractivity contribution in [3.63, 3.8) is 0 Å². The molecule has 5 nitrogen and oxygen atoms in total. The predicted octanol–water partition coefficient (Wildman–Crippen LogP) is -0.339. The molecule has 0 spiro atoms. The van der Waals surface area contributed by atoms with E-state index in [4.69, 9.17) is 9.84 Å². The number of carbonyl (C=O) groups excluding carboxylic acids is 1. The van der Waals surface area contributed by atoms with E-state index in [1.165, 1.54) is 0 Å². The Hall–Kier alpha value is -1.10. The molecule has 0 radical (unpaired) electrons. The van der Waals surface area contributed by atoms with Crippen LogP contribution in [0.3, 0.4) is 0 Å². The fraction of sp³-hybridized carbons (Fsp3) is 0.778. The number of esters is 1. The monoisotopic (exact) mass is 204 g/mol. The number of carbonyl (C=O) groups is 2. The number of aliphatic carboxylic acids is 1. The van der Waals surface area contributed by atoms with Gasteiger partial charge in [0.1, 0.15) is 0 Å². The lowest BCUT2D eigenvalue weighted by atomic mass is 10.2. The summed E-state index contributed by atoms with van der Waals surface area (Å²) in [5.41, 5.74) is 3.40. The molecule has 0 amide bonds. The molecule has 0 aliphatic rings. The van der Waals surface area contributed by atoms with E-state index in [2.05, 4.69) is 5.73 Å². The van der Waals surface area contributed by atoms with Gasteiger partial charge in [-0.15, -0.1) is 0 Å². The van der Waals surface area contributed by atoms with Crippen LogP contribution in [0.5, 0.6) is 0 Å². The van der Waals surface area contributed by atoms with E-state index < -0.39 is 12.0 Å². The Labute approximate surface area is 83.2 Å². The quantitative estimate of drug-likeness (QED) is 0.579. The first kappa shape index (κ1) is 12.9. The topological polar surface area (TPSA) is 91.2 Å². The molecule has 0 rings (SSSR count). The SMILES string of the molecule is CC(C)COC(=O)CCC([NH3+])C(=O)O. The van der Waals surface area contributed by atoms with E-state index in [0.717, 1.165) is 0 Å². The summed E-state index contributed by atoms with van der Waals surface area (Å²) in [5.74, 6) is -1.04. The van der Waals surface area contributed by atoms with Crippen LogP contribution in [0, 0.1) is 5.92 Å². The molecule has 0 aromatic heterocycles. The van der Waals surface area contributed by atoms with Crippen LogP contribution in [0.25, 0.3) is 0 Å². The van der Waals surface area contributed by atoms with Crippen LogP contribution in [-0.2, 0) is 14.3 Å². The highest BCUT2D eigenvalue weighted by molar-refractivity contribution is 5.74. The molecule has 1 atom stereocenters. The van der Waals surface area contributed by atoms with Gasteiger partial charge >= 0.3 is 11.9 Å². The third-order valence-corrected chi connectivity index (χ3v) is 1.62. The Morgan fingerprint density at radius 3 is 2.43 bits per heavy atom. The minimum atomic E-state index is -0.985. The molecule has 0 heterocycles. The summed E-state index contributed by atoms with van der Waals surface area (Å²) >= 11 is 0. The number of carboxylic acid groups (broad SMARTS) is 1. The molecule has 4 N–H and O–H groups in total. The number of hydrogen-bond acceptors (Lipinski definition) is 3. The molecule has 0 fully saturated rings. The van der Waals surface area contributed by atoms with Crippen molar-refractivity contribution in [2.24, 2.45) is 5.92 Å². The first-order valence-corrected chi connectivity index (χ1v) is 4.65. The zero-order valence-corrected chi connectivity index (χ0v) is 8.66. The van der Waals surface area contributed by atoms with Crippen molar-refractivity contribution in [2.75, 3.05) is 6.61 Å². The predicted molar refractivity (Wildman–Crippen MR) is 49.3 cm³/mol. The number of quaternary nitrogens is 1. The van der Waals surface area contributed by atoms with E-state index in [1.54, 1.807) is 0 Å². The average Bonchev–Trinajstić information content (AvgIpc) is 2.10. The van der Waals surface area contributed by atoms with Crippen molar-refractivity contribution < 1.29 is 25.2 Å². The van der Waals surface area contributed by atoms with Crippen molar-refractivity contribution in [3.05, 3.63) is 0 Å². The van der Waals surface area contributed by atoms with Crippen LogP contribution < -0.4 is 5.73 Å². The molecule has 82 valence electrons. The van der Waals surface area contributed by atoms with Gasteiger partial charge < -0.3 is 15.6 Å². The van der Waals surface area contributed by atoms with Crippen LogP contribution in [0.2, 0.25) is 0 Å². The zero-order valence-electron chi connectivity index (χ0n) is 8.66. The van der Waals surface area contributed by atoms with Gasteiger partial charge in [-0.2, -0.15) is 0 Å². The smallest absolute Gasteiger partial charge is 0.362 e. The lowest BCUT2D eigenvalue weighted by Crippen LogP contribution is -2.64. The fourth-order valence-electron chi connectivity index (χ4n) is 0.747. The average molecular weight is 204 g/mol. The molecule has 0 saturated heterocycles. The van der Waals surface area contributed by atoms with Crippen LogP contribution in [-0.4, -0.2) is 29.7 Å². The number of rotatable bonds is 6. The molecule has 0 saturated carbocycles. The zero-order chi connectivity index (χ0) is 11.1. The molecule has 0 aromatic carbocycles. The van der Waals surface area contributed by atoms with Crippen LogP contribution in [0.1, 0.15) is 26.7 Å². The van der Waals surface area contributed by atoms with Crippen LogP contribution in [0.15, 0.2) is 0 Å². The summed E-state index contributed by atoms with van der Waals surface area (Å²) in [6, 6.07) is -0.735. The third-order valence-electron chi connectivity index (χ3n) is 1.62. The van der Waals surface area contributed by atoms with Gasteiger partial charge in [-0.1, -0.05) is 13.8 Å². The second-order valence-corrected chi connectivity index (χ2v) is 3.65. The molecule has 0 aromatic rings. The number of ether oxygens (including phenoxy) is 1. The van der Waals surface area contributed by atoms with Gasteiger partial charge in [0.05, 0.1) is 13.0 Å². The number of carboxylic acids is 1. The Balaban J connectivity index is 3.59. The highest BCUT2D eigenvalue weighted by Gasteiger charge is 2.17. The standard InChI is InChI=1S/C9H17NO4/c1-6(2)5-14-8(11)4-3-7(10)9(12)13/h6-7H,3-5,10H2,1-2H3,(H,12,13)/p+1. The van der Waals surface area contributed by atoms with Gasteiger partial charge in [0, 0.05) is 6.42 Å². The van der Waals surface area contributed by atoms with Crippen molar-refractivity contribution in [1.82, 2.24) is 0 Å². The molecule has 14 heavy (non-hydrogen) atoms. The summed E-state index contributed by atoms with van der Waals surface area (Å²) in [5, 5.41) is 8.50. The molecule has 0 bridgehead atoms. The van der Waals surface area contributed by atoms with Crippen molar-refractivity contribution in [2.45, 2.75) is 32.7 Å². The van der Waals surface area contributed by atoms with E-state index in [1.807, 2.05) is 13.8 Å². The molecular formula is C9H18NO4+. The lowest BCUT2D eigenvalue weighted by Gasteiger charge is -2.07. The normalized spacial score (nSPS) is 12.6. The first-order valence-electron chi connectivity index (χ1n) is 4.65. The van der Waals surface area contributed by atoms with Crippen molar-refractivity contribution >= 4 is 11.9 Å². The molecule has 0 aliphatic carbocycles. The Morgan fingerprint density at radius 2 is 2.00 bits per heavy atom. The summed E-state index contributed by atoms with van der Waals surface area (Å²) in [7, 11) is 0. The fourth-order valence-corrected chi connectivity index (χ4v) is 0.747. The van der Waals surface area contributed by atoms with Crippen molar-refractivity contribution in [1.29, 1.82) is 0 Å². The third kappa shape index (κ3) is 6.42. The van der Waals surface area contributed by atoms with Gasteiger partial charge in [0.25, 0.3) is 0 Å². The summed E-state index contributed by atoms with van der Waals surface area (Å²) in [4.78, 5) is 21.4. The van der Waals surface area contributed by atoms with Gasteiger partial charge in [0.2, 0.25) is 0 Å². The highest BCUT2D eigenvalue weighted by Crippen LogP contribution is 1.99. The van der Waals surface area contributed by atoms with E-state index in [0.29, 0.717) is 12.5 Å². The molecule has 1 unspecified atom stereocenters. The second kappa shape index (κ2) is 6.37. The second-order valence-electron chi connectivity index (χ2n) is 3.65. The maximum absolute atomic E-state index is 11.0. The summed E-state index contributed by atoms with van der Waals surface area (Å²) < 4.78 is 4.87. The minimum absolute atomic E-state index is 0.118. The van der Waals surface area contributed by atoms with E-state index in [9.17, 15) is 9.59 Å². The van der Waals surface area contributed by atoms with Crippen LogP contribution in [0.4, 0.5) is 0 Å². The Bertz CT molecular complexity index is 203. The highest BCUT2D eigenvalue weighted by atomic mass is 16.5.